The third-order valence-corrected chi connectivity index (χ3v) is 4.91. The molecule has 0 saturated carbocycles. The van der Waals surface area contributed by atoms with Crippen molar-refractivity contribution >= 4 is 45.8 Å². The van der Waals surface area contributed by atoms with E-state index < -0.39 is 0 Å². The second-order valence-electron chi connectivity index (χ2n) is 5.50. The minimum Gasteiger partial charge on any atom is -0.298 e. The monoisotopic (exact) mass is 382 g/mol. The Morgan fingerprint density at radius 1 is 1.08 bits per heavy atom. The molecule has 0 aliphatic heterocycles. The lowest BCUT2D eigenvalue weighted by Gasteiger charge is -2.00. The Balaban J connectivity index is 1.72. The number of ketones is 1. The summed E-state index contributed by atoms with van der Waals surface area (Å²) in [6, 6.07) is 16.1. The summed E-state index contributed by atoms with van der Waals surface area (Å²) in [7, 11) is 0. The van der Waals surface area contributed by atoms with Crippen LogP contribution >= 0.6 is 22.9 Å². The molecule has 1 amide bonds. The zero-order valence-electron chi connectivity index (χ0n) is 13.9. The van der Waals surface area contributed by atoms with Gasteiger partial charge in [0.05, 0.1) is 10.6 Å². The molecule has 0 unspecified atom stereocenters. The number of halogens is 1. The van der Waals surface area contributed by atoms with Gasteiger partial charge in [0.25, 0.3) is 5.91 Å². The lowest BCUT2D eigenvalue weighted by Crippen LogP contribution is -2.11. The Bertz CT molecular complexity index is 963. The van der Waals surface area contributed by atoms with E-state index in [1.807, 2.05) is 18.2 Å². The number of rotatable bonds is 5. The third-order valence-electron chi connectivity index (χ3n) is 3.57. The van der Waals surface area contributed by atoms with E-state index in [0.29, 0.717) is 26.3 Å². The number of aryl methyl sites for hydroxylation is 1. The minimum atomic E-state index is -0.255. The summed E-state index contributed by atoms with van der Waals surface area (Å²) in [5.74, 6) is -0.412. The Morgan fingerprint density at radius 3 is 2.46 bits per heavy atom. The van der Waals surface area contributed by atoms with Gasteiger partial charge < -0.3 is 0 Å². The van der Waals surface area contributed by atoms with Crippen LogP contribution in [-0.2, 0) is 0 Å². The van der Waals surface area contributed by atoms with E-state index in [4.69, 9.17) is 11.6 Å². The maximum absolute atomic E-state index is 12.4. The second kappa shape index (κ2) is 8.08. The minimum absolute atomic E-state index is 0.157. The van der Waals surface area contributed by atoms with E-state index in [-0.39, 0.29) is 11.7 Å². The fraction of sp³-hybridized carbons (Fsp3) is 0.0500. The fourth-order valence-corrected chi connectivity index (χ4v) is 3.27. The van der Waals surface area contributed by atoms with Crippen molar-refractivity contribution in [2.24, 2.45) is 0 Å². The molecule has 0 fully saturated rings. The maximum atomic E-state index is 12.4. The first-order valence-electron chi connectivity index (χ1n) is 7.85. The molecule has 0 radical (unpaired) electrons. The summed E-state index contributed by atoms with van der Waals surface area (Å²) >= 11 is 7.01. The quantitative estimate of drug-likeness (QED) is 0.484. The molecule has 0 saturated heterocycles. The molecule has 0 aliphatic rings. The van der Waals surface area contributed by atoms with Crippen molar-refractivity contribution in [1.82, 2.24) is 4.98 Å². The summed E-state index contributed by atoms with van der Waals surface area (Å²) in [5.41, 5.74) is 2.00. The second-order valence-corrected chi connectivity index (χ2v) is 6.94. The molecule has 0 bridgehead atoms. The topological polar surface area (TPSA) is 59.1 Å². The van der Waals surface area contributed by atoms with Crippen LogP contribution in [0.5, 0.6) is 0 Å². The van der Waals surface area contributed by atoms with Crippen LogP contribution in [0.4, 0.5) is 5.13 Å². The average molecular weight is 383 g/mol. The number of thiazole rings is 1. The number of aromatic nitrogens is 1. The molecule has 1 aromatic heterocycles. The lowest BCUT2D eigenvalue weighted by atomic mass is 10.2. The molecule has 3 aromatic rings. The number of carbonyl (C=O) groups is 2. The third kappa shape index (κ3) is 4.45. The van der Waals surface area contributed by atoms with Gasteiger partial charge in [0.15, 0.2) is 10.9 Å². The number of carbonyl (C=O) groups excluding carboxylic acids is 2. The van der Waals surface area contributed by atoms with Gasteiger partial charge in [-0.1, -0.05) is 59.3 Å². The molecule has 26 heavy (non-hydrogen) atoms. The average Bonchev–Trinajstić information content (AvgIpc) is 3.02. The molecule has 3 rings (SSSR count). The molecular weight excluding hydrogens is 368 g/mol. The van der Waals surface area contributed by atoms with Crippen LogP contribution in [0, 0.1) is 6.92 Å². The molecule has 0 aliphatic carbocycles. The molecule has 130 valence electrons. The highest BCUT2D eigenvalue weighted by Gasteiger charge is 2.15. The highest BCUT2D eigenvalue weighted by molar-refractivity contribution is 7.18. The summed E-state index contributed by atoms with van der Waals surface area (Å²) in [6.07, 6.45) is 3.21. The van der Waals surface area contributed by atoms with Crippen molar-refractivity contribution in [3.05, 3.63) is 87.4 Å². The summed E-state index contributed by atoms with van der Waals surface area (Å²) in [4.78, 5) is 29.4. The Kier molecular flexibility index (Phi) is 5.61. The van der Waals surface area contributed by atoms with Crippen molar-refractivity contribution in [3.8, 4) is 0 Å². The Labute approximate surface area is 160 Å². The van der Waals surface area contributed by atoms with Gasteiger partial charge in [-0.3, -0.25) is 14.9 Å². The number of hydrogen-bond donors (Lipinski definition) is 1. The predicted octanol–water partition coefficient (Wildman–Crippen LogP) is 5.25. The molecule has 0 spiro atoms. The van der Waals surface area contributed by atoms with Gasteiger partial charge >= 0.3 is 0 Å². The number of hydrogen-bond acceptors (Lipinski definition) is 4. The number of amides is 1. The number of allylic oxidation sites excluding steroid dienone is 1. The van der Waals surface area contributed by atoms with E-state index in [1.165, 1.54) is 6.08 Å². The van der Waals surface area contributed by atoms with Gasteiger partial charge in [0, 0.05) is 10.6 Å². The van der Waals surface area contributed by atoms with Gasteiger partial charge in [-0.15, -0.1) is 0 Å². The highest BCUT2D eigenvalue weighted by atomic mass is 35.5. The molecule has 0 atom stereocenters. The first-order chi connectivity index (χ1) is 12.5. The van der Waals surface area contributed by atoms with Crippen molar-refractivity contribution in [2.75, 3.05) is 5.32 Å². The lowest BCUT2D eigenvalue weighted by molar-refractivity contribution is 0.102. The zero-order valence-corrected chi connectivity index (χ0v) is 15.5. The molecule has 4 nitrogen and oxygen atoms in total. The predicted molar refractivity (Wildman–Crippen MR) is 106 cm³/mol. The first-order valence-corrected chi connectivity index (χ1v) is 9.04. The summed E-state index contributed by atoms with van der Waals surface area (Å²) < 4.78 is 0. The van der Waals surface area contributed by atoms with E-state index in [9.17, 15) is 9.59 Å². The standard InChI is InChI=1S/C20H15ClN2O2S/c1-13-18(17(24)12-9-14-7-10-16(21)11-8-14)26-20(22-13)23-19(25)15-5-3-2-4-6-15/h2-12H,1H3,(H,22,23,25)/b12-9+. The van der Waals surface area contributed by atoms with Crippen molar-refractivity contribution in [1.29, 1.82) is 0 Å². The van der Waals surface area contributed by atoms with Gasteiger partial charge in [-0.05, 0) is 42.8 Å². The fourth-order valence-electron chi connectivity index (χ4n) is 2.26. The number of nitrogens with zero attached hydrogens (tertiary/aromatic N) is 1. The Morgan fingerprint density at radius 2 is 1.77 bits per heavy atom. The highest BCUT2D eigenvalue weighted by Crippen LogP contribution is 2.24. The zero-order chi connectivity index (χ0) is 18.5. The van der Waals surface area contributed by atoms with Crippen molar-refractivity contribution < 1.29 is 9.59 Å². The van der Waals surface area contributed by atoms with E-state index in [0.717, 1.165) is 16.9 Å². The SMILES string of the molecule is Cc1nc(NC(=O)c2ccccc2)sc1C(=O)/C=C/c1ccc(Cl)cc1. The first kappa shape index (κ1) is 18.0. The van der Waals surface area contributed by atoms with Crippen LogP contribution in [0.2, 0.25) is 5.02 Å². The van der Waals surface area contributed by atoms with Gasteiger partial charge in [0.1, 0.15) is 0 Å². The van der Waals surface area contributed by atoms with Crippen LogP contribution in [0.15, 0.2) is 60.7 Å². The molecule has 1 N–H and O–H groups in total. The molecule has 1 heterocycles. The number of anilines is 1. The van der Waals surface area contributed by atoms with Crippen molar-refractivity contribution in [3.63, 3.8) is 0 Å². The van der Waals surface area contributed by atoms with Crippen LogP contribution in [0.3, 0.4) is 0 Å². The smallest absolute Gasteiger partial charge is 0.257 e. The Hall–Kier alpha value is -2.76. The van der Waals surface area contributed by atoms with E-state index >= 15 is 0 Å². The van der Waals surface area contributed by atoms with Crippen LogP contribution in [-0.4, -0.2) is 16.7 Å². The van der Waals surface area contributed by atoms with E-state index in [1.54, 1.807) is 49.4 Å². The van der Waals surface area contributed by atoms with Gasteiger partial charge in [-0.25, -0.2) is 4.98 Å². The summed E-state index contributed by atoms with van der Waals surface area (Å²) in [5, 5.41) is 3.78. The van der Waals surface area contributed by atoms with E-state index in [2.05, 4.69) is 10.3 Å². The van der Waals surface area contributed by atoms with Crippen LogP contribution < -0.4 is 5.32 Å². The van der Waals surface area contributed by atoms with Crippen LogP contribution in [0.1, 0.15) is 31.3 Å². The van der Waals surface area contributed by atoms with Crippen molar-refractivity contribution in [2.45, 2.75) is 6.92 Å². The largest absolute Gasteiger partial charge is 0.298 e. The molecule has 2 aromatic carbocycles. The number of nitrogens with one attached hydrogen (secondary N) is 1. The number of benzene rings is 2. The van der Waals surface area contributed by atoms with Gasteiger partial charge in [-0.2, -0.15) is 0 Å². The molecular formula is C20H15ClN2O2S. The maximum Gasteiger partial charge on any atom is 0.257 e. The summed E-state index contributed by atoms with van der Waals surface area (Å²) in [6.45, 7) is 1.75. The molecule has 6 heteroatoms. The van der Waals surface area contributed by atoms with Crippen LogP contribution in [0.25, 0.3) is 6.08 Å². The van der Waals surface area contributed by atoms with Gasteiger partial charge in [0.2, 0.25) is 0 Å². The normalized spacial score (nSPS) is 10.8.